The number of benzene rings is 3. The first-order chi connectivity index (χ1) is 20.9. The molecule has 7 nitrogen and oxygen atoms in total. The average molecular weight is 602 g/mol. The smallest absolute Gasteiger partial charge is 0.239 e. The second-order valence-corrected chi connectivity index (χ2v) is 13.0. The van der Waals surface area contributed by atoms with Gasteiger partial charge in [-0.3, -0.25) is 9.59 Å². The molecule has 0 fully saturated rings. The van der Waals surface area contributed by atoms with Crippen molar-refractivity contribution in [1.29, 1.82) is 0 Å². The Bertz CT molecular complexity index is 1320. The van der Waals surface area contributed by atoms with E-state index in [1.165, 1.54) is 11.1 Å². The van der Waals surface area contributed by atoms with Crippen LogP contribution in [-0.4, -0.2) is 49.6 Å². The summed E-state index contributed by atoms with van der Waals surface area (Å²) in [6.07, 6.45) is 1.36. The topological polar surface area (TPSA) is 93.9 Å². The van der Waals surface area contributed by atoms with E-state index >= 15 is 0 Å². The molecule has 3 rings (SSSR count). The Labute approximate surface area is 264 Å². The van der Waals surface area contributed by atoms with E-state index < -0.39 is 0 Å². The zero-order chi connectivity index (χ0) is 32.1. The van der Waals surface area contributed by atoms with Crippen molar-refractivity contribution in [3.05, 3.63) is 101 Å². The van der Waals surface area contributed by atoms with Gasteiger partial charge < -0.3 is 25.4 Å². The van der Waals surface area contributed by atoms with Crippen molar-refractivity contribution in [1.82, 2.24) is 10.2 Å². The van der Waals surface area contributed by atoms with E-state index in [9.17, 15) is 9.59 Å². The molecule has 44 heavy (non-hydrogen) atoms. The number of carbonyl (C=O) groups is 2. The van der Waals surface area contributed by atoms with Crippen LogP contribution in [0.2, 0.25) is 0 Å². The summed E-state index contributed by atoms with van der Waals surface area (Å²) in [6.45, 7) is 14.7. The van der Waals surface area contributed by atoms with Crippen LogP contribution in [0.5, 0.6) is 5.75 Å². The van der Waals surface area contributed by atoms with Crippen molar-refractivity contribution in [3.8, 4) is 5.75 Å². The predicted molar refractivity (Wildman–Crippen MR) is 177 cm³/mol. The second kappa shape index (κ2) is 17.0. The van der Waals surface area contributed by atoms with Gasteiger partial charge in [-0.15, -0.1) is 0 Å². The fourth-order valence-corrected chi connectivity index (χ4v) is 5.34. The monoisotopic (exact) mass is 601 g/mol. The molecule has 0 spiro atoms. The number of aryl methyl sites for hydroxylation is 2. The summed E-state index contributed by atoms with van der Waals surface area (Å²) in [5.41, 5.74) is 12.0. The van der Waals surface area contributed by atoms with Crippen LogP contribution in [0.4, 0.5) is 0 Å². The van der Waals surface area contributed by atoms with Gasteiger partial charge in [0, 0.05) is 19.5 Å². The van der Waals surface area contributed by atoms with Gasteiger partial charge in [0.15, 0.2) is 0 Å². The molecule has 0 aliphatic carbocycles. The molecule has 0 saturated carbocycles. The minimum Gasteiger partial charge on any atom is -0.491 e. The Balaban J connectivity index is 1.40. The summed E-state index contributed by atoms with van der Waals surface area (Å²) in [5, 5.41) is 2.89. The van der Waals surface area contributed by atoms with Gasteiger partial charge in [-0.2, -0.15) is 0 Å². The summed E-state index contributed by atoms with van der Waals surface area (Å²) in [6, 6.07) is 23.8. The number of amides is 2. The summed E-state index contributed by atoms with van der Waals surface area (Å²) < 4.78 is 11.4. The zero-order valence-electron chi connectivity index (χ0n) is 27.4. The fraction of sp³-hybridized carbons (Fsp3) is 0.459. The number of hydrogen-bond donors (Lipinski definition) is 2. The van der Waals surface area contributed by atoms with Crippen molar-refractivity contribution < 1.29 is 19.1 Å². The van der Waals surface area contributed by atoms with Crippen molar-refractivity contribution in [3.63, 3.8) is 0 Å². The highest BCUT2D eigenvalue weighted by Gasteiger charge is 2.23. The van der Waals surface area contributed by atoms with Gasteiger partial charge >= 0.3 is 0 Å². The summed E-state index contributed by atoms with van der Waals surface area (Å²) in [4.78, 5) is 27.8. The van der Waals surface area contributed by atoms with E-state index in [-0.39, 0.29) is 35.7 Å². The number of nitrogens with two attached hydrogens (primary N) is 1. The van der Waals surface area contributed by atoms with E-state index in [1.807, 2.05) is 60.7 Å². The fourth-order valence-electron chi connectivity index (χ4n) is 5.34. The summed E-state index contributed by atoms with van der Waals surface area (Å²) in [7, 11) is 0. The molecule has 2 atom stereocenters. The molecule has 0 aliphatic rings. The number of carbonyl (C=O) groups excluding carboxylic acids is 2. The van der Waals surface area contributed by atoms with Gasteiger partial charge in [-0.1, -0.05) is 88.4 Å². The van der Waals surface area contributed by atoms with E-state index in [0.717, 1.165) is 28.9 Å². The molecule has 3 aromatic rings. The maximum atomic E-state index is 13.3. The third-order valence-electron chi connectivity index (χ3n) is 7.58. The van der Waals surface area contributed by atoms with Crippen LogP contribution in [0.3, 0.4) is 0 Å². The lowest BCUT2D eigenvalue weighted by atomic mass is 9.84. The van der Waals surface area contributed by atoms with Crippen LogP contribution < -0.4 is 15.8 Å². The molecule has 7 heteroatoms. The Morgan fingerprint density at radius 2 is 1.57 bits per heavy atom. The molecule has 0 bridgehead atoms. The highest BCUT2D eigenvalue weighted by atomic mass is 16.5. The van der Waals surface area contributed by atoms with Crippen molar-refractivity contribution >= 4 is 11.8 Å². The van der Waals surface area contributed by atoms with Gasteiger partial charge in [-0.05, 0) is 71.6 Å². The van der Waals surface area contributed by atoms with Crippen LogP contribution in [-0.2, 0) is 20.9 Å². The molecule has 0 saturated heterocycles. The normalized spacial score (nSPS) is 12.8. The van der Waals surface area contributed by atoms with E-state index in [1.54, 1.807) is 4.90 Å². The number of ether oxygens (including phenoxy) is 2. The largest absolute Gasteiger partial charge is 0.491 e. The first kappa shape index (κ1) is 34.8. The van der Waals surface area contributed by atoms with Crippen LogP contribution in [0.1, 0.15) is 74.4 Å². The zero-order valence-corrected chi connectivity index (χ0v) is 27.4. The minimum atomic E-state index is -0.195. The van der Waals surface area contributed by atoms with E-state index in [0.29, 0.717) is 39.3 Å². The van der Waals surface area contributed by atoms with Gasteiger partial charge in [0.1, 0.15) is 12.4 Å². The van der Waals surface area contributed by atoms with Crippen molar-refractivity contribution in [2.75, 3.05) is 32.9 Å². The molecule has 238 valence electrons. The predicted octanol–water partition coefficient (Wildman–Crippen LogP) is 6.35. The molecule has 2 amide bonds. The standard InChI is InChI=1S/C37H51N3O4/c1-27(24-37(4,5)6)22-35(42)40(25-30-13-12-28(2)29(3)23-30)26-34(41)39-18-19-43-20-21-44-33-16-14-32(15-17-33)36(38)31-10-8-7-9-11-31/h7-17,23,27,36H,18-22,24-26,38H2,1-6H3,(H,39,41). The first-order valence-corrected chi connectivity index (χ1v) is 15.6. The number of rotatable bonds is 16. The quantitative estimate of drug-likeness (QED) is 0.187. The third kappa shape index (κ3) is 12.1. The van der Waals surface area contributed by atoms with Gasteiger partial charge in [0.05, 0.1) is 25.8 Å². The maximum absolute atomic E-state index is 13.3. The maximum Gasteiger partial charge on any atom is 0.239 e. The molecule has 0 aromatic heterocycles. The van der Waals surface area contributed by atoms with Crippen molar-refractivity contribution in [2.24, 2.45) is 17.1 Å². The molecule has 3 aromatic carbocycles. The van der Waals surface area contributed by atoms with E-state index in [4.69, 9.17) is 15.2 Å². The number of hydrogen-bond acceptors (Lipinski definition) is 5. The number of nitrogens with zero attached hydrogens (tertiary/aromatic N) is 1. The van der Waals surface area contributed by atoms with Crippen molar-refractivity contribution in [2.45, 2.75) is 67.0 Å². The Kier molecular flexibility index (Phi) is 13.4. The minimum absolute atomic E-state index is 0.00129. The van der Waals surface area contributed by atoms with Gasteiger partial charge in [-0.25, -0.2) is 0 Å². The lowest BCUT2D eigenvalue weighted by Gasteiger charge is -2.27. The second-order valence-electron chi connectivity index (χ2n) is 13.0. The molecular weight excluding hydrogens is 550 g/mol. The van der Waals surface area contributed by atoms with Crippen LogP contribution >= 0.6 is 0 Å². The van der Waals surface area contributed by atoms with Gasteiger partial charge in [0.25, 0.3) is 0 Å². The molecule has 3 N–H and O–H groups in total. The Morgan fingerprint density at radius 1 is 0.886 bits per heavy atom. The van der Waals surface area contributed by atoms with E-state index in [2.05, 4.69) is 59.0 Å². The Hall–Kier alpha value is -3.68. The lowest BCUT2D eigenvalue weighted by molar-refractivity contribution is -0.137. The summed E-state index contributed by atoms with van der Waals surface area (Å²) in [5.74, 6) is 0.780. The Morgan fingerprint density at radius 3 is 2.23 bits per heavy atom. The number of nitrogens with one attached hydrogen (secondary N) is 1. The highest BCUT2D eigenvalue weighted by Crippen LogP contribution is 2.27. The van der Waals surface area contributed by atoms with Crippen LogP contribution in [0, 0.1) is 25.2 Å². The summed E-state index contributed by atoms with van der Waals surface area (Å²) >= 11 is 0. The molecule has 2 unspecified atom stereocenters. The first-order valence-electron chi connectivity index (χ1n) is 15.6. The molecular formula is C37H51N3O4. The SMILES string of the molecule is Cc1ccc(CN(CC(=O)NCCOCCOc2ccc(C(N)c3ccccc3)cc2)C(=O)CC(C)CC(C)(C)C)cc1C. The van der Waals surface area contributed by atoms with Crippen LogP contribution in [0.15, 0.2) is 72.8 Å². The average Bonchev–Trinajstić information content (AvgIpc) is 2.97. The van der Waals surface area contributed by atoms with Gasteiger partial charge in [0.2, 0.25) is 11.8 Å². The highest BCUT2D eigenvalue weighted by molar-refractivity contribution is 5.84. The molecule has 0 radical (unpaired) electrons. The third-order valence-corrected chi connectivity index (χ3v) is 7.58. The molecule has 0 aliphatic heterocycles. The lowest BCUT2D eigenvalue weighted by Crippen LogP contribution is -2.41. The van der Waals surface area contributed by atoms with Crippen LogP contribution in [0.25, 0.3) is 0 Å². The molecule has 0 heterocycles.